The third-order valence-electron chi connectivity index (χ3n) is 5.72. The van der Waals surface area contributed by atoms with E-state index in [0.717, 1.165) is 4.90 Å². The van der Waals surface area contributed by atoms with Crippen molar-refractivity contribution in [3.8, 4) is 11.5 Å². The zero-order valence-electron chi connectivity index (χ0n) is 16.9. The van der Waals surface area contributed by atoms with E-state index in [1.165, 1.54) is 14.2 Å². The number of imide groups is 1. The number of hydrogen-bond acceptors (Lipinski definition) is 8. The lowest BCUT2D eigenvalue weighted by Crippen LogP contribution is -2.59. The maximum atomic E-state index is 13.1. The molecule has 3 rings (SSSR count). The van der Waals surface area contributed by atoms with Crippen molar-refractivity contribution in [3.05, 3.63) is 23.8 Å². The molecule has 0 aliphatic carbocycles. The summed E-state index contributed by atoms with van der Waals surface area (Å²) in [4.78, 5) is 40.2. The summed E-state index contributed by atoms with van der Waals surface area (Å²) >= 11 is 0. The van der Waals surface area contributed by atoms with Gasteiger partial charge in [0, 0.05) is 18.2 Å². The number of hydrogen-bond donors (Lipinski definition) is 2. The van der Waals surface area contributed by atoms with Gasteiger partial charge in [0.25, 0.3) is 0 Å². The van der Waals surface area contributed by atoms with Crippen LogP contribution in [0.5, 0.6) is 11.5 Å². The van der Waals surface area contributed by atoms with Crippen molar-refractivity contribution < 1.29 is 33.7 Å². The van der Waals surface area contributed by atoms with Gasteiger partial charge in [0.15, 0.2) is 5.54 Å². The minimum absolute atomic E-state index is 0.0758. The number of aliphatic hydroxyl groups excluding tert-OH is 1. The zero-order chi connectivity index (χ0) is 21.3. The van der Waals surface area contributed by atoms with Gasteiger partial charge in [-0.1, -0.05) is 0 Å². The quantitative estimate of drug-likeness (QED) is 0.490. The first-order valence-electron chi connectivity index (χ1n) is 9.53. The molecule has 0 spiro atoms. The van der Waals surface area contributed by atoms with Gasteiger partial charge in [0.1, 0.15) is 11.5 Å². The average molecular weight is 406 g/mol. The van der Waals surface area contributed by atoms with E-state index >= 15 is 0 Å². The summed E-state index contributed by atoms with van der Waals surface area (Å²) in [7, 11) is 3.00. The number of aliphatic hydroxyl groups is 1. The first-order chi connectivity index (χ1) is 13.9. The number of benzene rings is 1. The lowest BCUT2D eigenvalue weighted by molar-refractivity contribution is -0.158. The number of amides is 2. The third kappa shape index (κ3) is 3.05. The van der Waals surface area contributed by atoms with E-state index < -0.39 is 47.8 Å². The zero-order valence-corrected chi connectivity index (χ0v) is 16.9. The number of fused-ring (bicyclic) bond motifs is 1. The van der Waals surface area contributed by atoms with Crippen molar-refractivity contribution in [2.24, 2.45) is 11.8 Å². The Morgan fingerprint density at radius 1 is 1.21 bits per heavy atom. The van der Waals surface area contributed by atoms with Crippen LogP contribution in [0.15, 0.2) is 18.2 Å². The van der Waals surface area contributed by atoms with Gasteiger partial charge in [-0.2, -0.15) is 0 Å². The molecule has 2 aliphatic rings. The predicted molar refractivity (Wildman–Crippen MR) is 101 cm³/mol. The molecule has 0 unspecified atom stereocenters. The molecule has 0 aromatic heterocycles. The molecule has 4 atom stereocenters. The van der Waals surface area contributed by atoms with Gasteiger partial charge < -0.3 is 19.3 Å². The standard InChI is InChI=1S/C20H26N2O7/c1-5-22-17(24)14-15(18(22)25)20(10-23,19(26)29-6-2)21-16(14)12-9-11(27-3)7-8-13(12)28-4/h7-9,14-16,21,23H,5-6,10H2,1-4H3/t14-,15-,16-,20+/m0/s1. The van der Waals surface area contributed by atoms with Crippen LogP contribution in [0.2, 0.25) is 0 Å². The topological polar surface area (TPSA) is 114 Å². The highest BCUT2D eigenvalue weighted by atomic mass is 16.5. The normalized spacial score (nSPS) is 28.4. The van der Waals surface area contributed by atoms with Gasteiger partial charge in [-0.05, 0) is 32.0 Å². The number of rotatable bonds is 7. The molecule has 2 N–H and O–H groups in total. The molecule has 29 heavy (non-hydrogen) atoms. The highest BCUT2D eigenvalue weighted by Crippen LogP contribution is 2.50. The summed E-state index contributed by atoms with van der Waals surface area (Å²) in [6.45, 7) is 2.89. The van der Waals surface area contributed by atoms with Crippen molar-refractivity contribution in [2.45, 2.75) is 25.4 Å². The van der Waals surface area contributed by atoms with Crippen molar-refractivity contribution in [2.75, 3.05) is 34.0 Å². The predicted octanol–water partition coefficient (Wildman–Crippen LogP) is 0.263. The van der Waals surface area contributed by atoms with E-state index in [2.05, 4.69) is 5.32 Å². The van der Waals surface area contributed by atoms with Crippen LogP contribution in [-0.2, 0) is 19.1 Å². The van der Waals surface area contributed by atoms with Gasteiger partial charge in [0.05, 0.1) is 39.3 Å². The van der Waals surface area contributed by atoms with E-state index in [1.807, 2.05) is 0 Å². The summed E-state index contributed by atoms with van der Waals surface area (Å²) < 4.78 is 15.9. The fourth-order valence-electron chi connectivity index (χ4n) is 4.38. The molecular formula is C20H26N2O7. The molecule has 2 amide bonds. The number of methoxy groups -OCH3 is 2. The molecule has 0 saturated carbocycles. The number of nitrogens with zero attached hydrogens (tertiary/aromatic N) is 1. The SMILES string of the molecule is CCOC(=O)[C@]1(CO)N[C@@H](c2cc(OC)ccc2OC)[C@H]2C(=O)N(CC)C(=O)[C@H]21. The molecule has 2 heterocycles. The lowest BCUT2D eigenvalue weighted by atomic mass is 9.79. The van der Waals surface area contributed by atoms with Gasteiger partial charge >= 0.3 is 5.97 Å². The second-order valence-electron chi connectivity index (χ2n) is 7.00. The molecule has 2 aliphatic heterocycles. The van der Waals surface area contributed by atoms with Crippen LogP contribution in [0.25, 0.3) is 0 Å². The van der Waals surface area contributed by atoms with Crippen LogP contribution < -0.4 is 14.8 Å². The van der Waals surface area contributed by atoms with Gasteiger partial charge in [0.2, 0.25) is 11.8 Å². The molecule has 2 fully saturated rings. The maximum absolute atomic E-state index is 13.1. The first-order valence-corrected chi connectivity index (χ1v) is 9.53. The van der Waals surface area contributed by atoms with Gasteiger partial charge in [-0.25, -0.2) is 4.79 Å². The molecule has 1 aromatic rings. The minimum Gasteiger partial charge on any atom is -0.497 e. The summed E-state index contributed by atoms with van der Waals surface area (Å²) in [6.07, 6.45) is 0. The van der Waals surface area contributed by atoms with Gasteiger partial charge in [-0.3, -0.25) is 19.8 Å². The van der Waals surface area contributed by atoms with Crippen LogP contribution in [0.3, 0.4) is 0 Å². The van der Waals surface area contributed by atoms with Crippen molar-refractivity contribution >= 4 is 17.8 Å². The Balaban J connectivity index is 2.18. The molecule has 0 radical (unpaired) electrons. The van der Waals surface area contributed by atoms with Crippen molar-refractivity contribution in [1.29, 1.82) is 0 Å². The minimum atomic E-state index is -1.73. The van der Waals surface area contributed by atoms with E-state index in [9.17, 15) is 19.5 Å². The number of carbonyl (C=O) groups excluding carboxylic acids is 3. The number of carbonyl (C=O) groups is 3. The smallest absolute Gasteiger partial charge is 0.329 e. The molecule has 1 aromatic carbocycles. The summed E-state index contributed by atoms with van der Waals surface area (Å²) in [5.74, 6) is -2.64. The summed E-state index contributed by atoms with van der Waals surface area (Å²) in [6, 6.07) is 4.33. The van der Waals surface area contributed by atoms with Crippen LogP contribution in [-0.4, -0.2) is 67.3 Å². The number of esters is 1. The molecular weight excluding hydrogens is 380 g/mol. The van der Waals surface area contributed by atoms with Crippen LogP contribution in [0, 0.1) is 11.8 Å². The Hall–Kier alpha value is -2.65. The van der Waals surface area contributed by atoms with E-state index in [1.54, 1.807) is 32.0 Å². The van der Waals surface area contributed by atoms with E-state index in [4.69, 9.17) is 14.2 Å². The molecule has 9 nitrogen and oxygen atoms in total. The molecule has 158 valence electrons. The van der Waals surface area contributed by atoms with Crippen molar-refractivity contribution in [1.82, 2.24) is 10.2 Å². The average Bonchev–Trinajstić information content (AvgIpc) is 3.21. The molecule has 9 heteroatoms. The third-order valence-corrected chi connectivity index (χ3v) is 5.72. The van der Waals surface area contributed by atoms with Crippen LogP contribution >= 0.6 is 0 Å². The fraction of sp³-hybridized carbons (Fsp3) is 0.550. The highest BCUT2D eigenvalue weighted by molar-refractivity contribution is 6.09. The van der Waals surface area contributed by atoms with E-state index in [0.29, 0.717) is 17.1 Å². The fourth-order valence-corrected chi connectivity index (χ4v) is 4.38. The molecule has 0 bridgehead atoms. The Morgan fingerprint density at radius 3 is 2.48 bits per heavy atom. The van der Waals surface area contributed by atoms with Gasteiger partial charge in [-0.15, -0.1) is 0 Å². The summed E-state index contributed by atoms with van der Waals surface area (Å²) in [5.41, 5.74) is -1.17. The van der Waals surface area contributed by atoms with Crippen molar-refractivity contribution in [3.63, 3.8) is 0 Å². The Kier molecular flexibility index (Phi) is 5.81. The summed E-state index contributed by atoms with van der Waals surface area (Å²) in [5, 5.41) is 13.3. The highest BCUT2D eigenvalue weighted by Gasteiger charge is 2.68. The Labute approximate surface area is 168 Å². The monoisotopic (exact) mass is 406 g/mol. The largest absolute Gasteiger partial charge is 0.497 e. The second-order valence-corrected chi connectivity index (χ2v) is 7.00. The van der Waals surface area contributed by atoms with Crippen LogP contribution in [0.1, 0.15) is 25.5 Å². The molecule has 2 saturated heterocycles. The first kappa shape index (κ1) is 21.1. The maximum Gasteiger partial charge on any atom is 0.329 e. The Bertz CT molecular complexity index is 827. The number of nitrogens with one attached hydrogen (secondary N) is 1. The number of likely N-dealkylation sites (tertiary alicyclic amines) is 1. The number of ether oxygens (including phenoxy) is 3. The second kappa shape index (κ2) is 8.00. The van der Waals surface area contributed by atoms with E-state index in [-0.39, 0.29) is 13.2 Å². The lowest BCUT2D eigenvalue weighted by Gasteiger charge is -2.31. The Morgan fingerprint density at radius 2 is 1.93 bits per heavy atom. The van der Waals surface area contributed by atoms with Crippen LogP contribution in [0.4, 0.5) is 0 Å².